The molecule has 0 spiro atoms. The fourth-order valence-electron chi connectivity index (χ4n) is 0.665. The maximum Gasteiger partial charge on any atom is 0.0162 e. The number of allylic oxidation sites excluding steroid dienone is 1. The molecule has 0 aromatic carbocycles. The van der Waals surface area contributed by atoms with Gasteiger partial charge >= 0.3 is 0 Å². The highest BCUT2D eigenvalue weighted by Gasteiger charge is 1.96. The highest BCUT2D eigenvalue weighted by molar-refractivity contribution is 5.01. The van der Waals surface area contributed by atoms with Crippen LogP contribution in [-0.2, 0) is 0 Å². The maximum atomic E-state index is 2.31. The van der Waals surface area contributed by atoms with Crippen LogP contribution in [0.2, 0.25) is 0 Å². The van der Waals surface area contributed by atoms with Gasteiger partial charge in [-0.1, -0.05) is 32.4 Å². The zero-order valence-corrected chi connectivity index (χ0v) is 8.52. The molecule has 0 aromatic heterocycles. The van der Waals surface area contributed by atoms with Gasteiger partial charge in [-0.05, 0) is 26.4 Å². The van der Waals surface area contributed by atoms with E-state index in [2.05, 4.69) is 45.7 Å². The molecule has 0 amide bonds. The van der Waals surface area contributed by atoms with Gasteiger partial charge in [0.15, 0.2) is 0 Å². The minimum atomic E-state index is 0.695. The number of rotatable bonds is 4. The van der Waals surface area contributed by atoms with Gasteiger partial charge in [0, 0.05) is 6.54 Å². The summed E-state index contributed by atoms with van der Waals surface area (Å²) in [4.78, 5) is 2.30. The topological polar surface area (TPSA) is 3.24 Å². The minimum absolute atomic E-state index is 0.695. The first-order valence-corrected chi connectivity index (χ1v) is 4.43. The lowest BCUT2D eigenvalue weighted by atomic mass is 10.1. The lowest BCUT2D eigenvalue weighted by Crippen LogP contribution is -2.17. The second-order valence-electron chi connectivity index (χ2n) is 3.46. The third kappa shape index (κ3) is 5.02. The van der Waals surface area contributed by atoms with Crippen LogP contribution in [0.5, 0.6) is 0 Å². The molecule has 66 valence electrons. The van der Waals surface area contributed by atoms with E-state index in [9.17, 15) is 0 Å². The highest BCUT2D eigenvalue weighted by atomic mass is 15.1. The Hall–Kier alpha value is -0.300. The van der Waals surface area contributed by atoms with Gasteiger partial charge in [0.25, 0.3) is 0 Å². The van der Waals surface area contributed by atoms with Crippen molar-refractivity contribution < 1.29 is 0 Å². The Kier molecular flexibility index (Phi) is 5.22. The van der Waals surface area contributed by atoms with Crippen molar-refractivity contribution in [3.63, 3.8) is 0 Å². The Morgan fingerprint density at radius 2 is 2.00 bits per heavy atom. The SMILES string of the molecule is CCN(C)C/C=C(\C)C(C)C. The zero-order chi connectivity index (χ0) is 8.85. The number of hydrogen-bond acceptors (Lipinski definition) is 1. The van der Waals surface area contributed by atoms with Crippen molar-refractivity contribution in [2.75, 3.05) is 20.1 Å². The molecule has 0 aliphatic rings. The van der Waals surface area contributed by atoms with Crippen LogP contribution in [0.25, 0.3) is 0 Å². The van der Waals surface area contributed by atoms with Gasteiger partial charge in [-0.2, -0.15) is 0 Å². The molecule has 0 unspecified atom stereocenters. The van der Waals surface area contributed by atoms with E-state index in [1.165, 1.54) is 5.57 Å². The molecular formula is C10H21N. The minimum Gasteiger partial charge on any atom is -0.303 e. The van der Waals surface area contributed by atoms with E-state index < -0.39 is 0 Å². The van der Waals surface area contributed by atoms with Crippen molar-refractivity contribution in [2.45, 2.75) is 27.7 Å². The Bertz CT molecular complexity index is 125. The molecule has 0 heterocycles. The van der Waals surface area contributed by atoms with Crippen molar-refractivity contribution in [2.24, 2.45) is 5.92 Å². The van der Waals surface area contributed by atoms with Crippen molar-refractivity contribution in [1.82, 2.24) is 4.90 Å². The molecule has 11 heavy (non-hydrogen) atoms. The third-order valence-electron chi connectivity index (χ3n) is 2.18. The van der Waals surface area contributed by atoms with E-state index in [-0.39, 0.29) is 0 Å². The lowest BCUT2D eigenvalue weighted by molar-refractivity contribution is 0.390. The first-order valence-electron chi connectivity index (χ1n) is 4.43. The van der Waals surface area contributed by atoms with Gasteiger partial charge in [0.2, 0.25) is 0 Å². The van der Waals surface area contributed by atoms with Crippen molar-refractivity contribution in [3.8, 4) is 0 Å². The average molecular weight is 155 g/mol. The van der Waals surface area contributed by atoms with E-state index in [4.69, 9.17) is 0 Å². The Balaban J connectivity index is 3.72. The first kappa shape index (κ1) is 10.7. The summed E-state index contributed by atoms with van der Waals surface area (Å²) in [5, 5.41) is 0. The lowest BCUT2D eigenvalue weighted by Gasteiger charge is -2.12. The van der Waals surface area contributed by atoms with E-state index in [1.807, 2.05) is 0 Å². The Morgan fingerprint density at radius 1 is 1.45 bits per heavy atom. The second-order valence-corrected chi connectivity index (χ2v) is 3.46. The normalized spacial score (nSPS) is 13.2. The van der Waals surface area contributed by atoms with Gasteiger partial charge in [0.1, 0.15) is 0 Å². The van der Waals surface area contributed by atoms with Gasteiger partial charge in [-0.3, -0.25) is 0 Å². The standard InChI is InChI=1S/C10H21N/c1-6-11(5)8-7-10(4)9(2)3/h7,9H,6,8H2,1-5H3/b10-7+. The molecule has 0 radical (unpaired) electrons. The van der Waals surface area contributed by atoms with Crippen LogP contribution < -0.4 is 0 Å². The van der Waals surface area contributed by atoms with Crippen LogP contribution in [0, 0.1) is 5.92 Å². The number of hydrogen-bond donors (Lipinski definition) is 0. The molecule has 0 aliphatic heterocycles. The molecule has 1 heteroatoms. The molecule has 0 bridgehead atoms. The molecule has 0 saturated heterocycles. The van der Waals surface area contributed by atoms with Crippen molar-refractivity contribution in [3.05, 3.63) is 11.6 Å². The summed E-state index contributed by atoms with van der Waals surface area (Å²) in [5.41, 5.74) is 1.49. The molecule has 1 nitrogen and oxygen atoms in total. The van der Waals surface area contributed by atoms with E-state index in [0.29, 0.717) is 5.92 Å². The third-order valence-corrected chi connectivity index (χ3v) is 2.18. The maximum absolute atomic E-state index is 2.31. The summed E-state index contributed by atoms with van der Waals surface area (Å²) in [6.07, 6.45) is 2.31. The molecule has 0 N–H and O–H groups in total. The van der Waals surface area contributed by atoms with Gasteiger partial charge < -0.3 is 4.90 Å². The molecule has 0 atom stereocenters. The van der Waals surface area contributed by atoms with Gasteiger partial charge in [0.05, 0.1) is 0 Å². The average Bonchev–Trinajstić information content (AvgIpc) is 1.99. The Labute approximate surface area is 71.1 Å². The smallest absolute Gasteiger partial charge is 0.0162 e. The molecule has 0 aromatic rings. The predicted molar refractivity (Wildman–Crippen MR) is 51.8 cm³/mol. The summed E-state index contributed by atoms with van der Waals surface area (Å²) in [5.74, 6) is 0.695. The van der Waals surface area contributed by atoms with Crippen molar-refractivity contribution in [1.29, 1.82) is 0 Å². The Morgan fingerprint density at radius 3 is 2.36 bits per heavy atom. The molecule has 0 fully saturated rings. The fraction of sp³-hybridized carbons (Fsp3) is 0.800. The summed E-state index contributed by atoms with van der Waals surface area (Å²) < 4.78 is 0. The quantitative estimate of drug-likeness (QED) is 0.564. The monoisotopic (exact) mass is 155 g/mol. The molecule has 0 rings (SSSR count). The van der Waals surface area contributed by atoms with Crippen LogP contribution >= 0.6 is 0 Å². The fourth-order valence-corrected chi connectivity index (χ4v) is 0.665. The van der Waals surface area contributed by atoms with Crippen LogP contribution in [0.1, 0.15) is 27.7 Å². The molecule has 0 aliphatic carbocycles. The molecule has 0 saturated carbocycles. The van der Waals surface area contributed by atoms with E-state index >= 15 is 0 Å². The van der Waals surface area contributed by atoms with E-state index in [0.717, 1.165) is 13.1 Å². The summed E-state index contributed by atoms with van der Waals surface area (Å²) in [6, 6.07) is 0. The summed E-state index contributed by atoms with van der Waals surface area (Å²) in [6.45, 7) is 11.1. The summed E-state index contributed by atoms with van der Waals surface area (Å²) >= 11 is 0. The van der Waals surface area contributed by atoms with Crippen LogP contribution in [0.15, 0.2) is 11.6 Å². The first-order chi connectivity index (χ1) is 5.07. The zero-order valence-electron chi connectivity index (χ0n) is 8.52. The highest BCUT2D eigenvalue weighted by Crippen LogP contribution is 2.06. The molecular weight excluding hydrogens is 134 g/mol. The van der Waals surface area contributed by atoms with Crippen LogP contribution in [-0.4, -0.2) is 25.0 Å². The van der Waals surface area contributed by atoms with Crippen molar-refractivity contribution >= 4 is 0 Å². The van der Waals surface area contributed by atoms with Gasteiger partial charge in [-0.25, -0.2) is 0 Å². The van der Waals surface area contributed by atoms with Gasteiger partial charge in [-0.15, -0.1) is 0 Å². The second kappa shape index (κ2) is 5.36. The van der Waals surface area contributed by atoms with Crippen LogP contribution in [0.3, 0.4) is 0 Å². The largest absolute Gasteiger partial charge is 0.303 e. The predicted octanol–water partition coefficient (Wildman–Crippen LogP) is 2.54. The summed E-state index contributed by atoms with van der Waals surface area (Å²) in [7, 11) is 2.14. The number of likely N-dealkylation sites (N-methyl/N-ethyl adjacent to an activating group) is 1. The number of nitrogens with zero attached hydrogens (tertiary/aromatic N) is 1. The van der Waals surface area contributed by atoms with E-state index in [1.54, 1.807) is 0 Å². The van der Waals surface area contributed by atoms with Crippen LogP contribution in [0.4, 0.5) is 0 Å².